The van der Waals surface area contributed by atoms with E-state index in [1.165, 1.54) is 23.1 Å². The van der Waals surface area contributed by atoms with E-state index in [1.807, 2.05) is 6.92 Å². The molecule has 2 heterocycles. The third kappa shape index (κ3) is 4.24. The van der Waals surface area contributed by atoms with Gasteiger partial charge < -0.3 is 15.1 Å². The summed E-state index contributed by atoms with van der Waals surface area (Å²) < 4.78 is 13.2. The van der Waals surface area contributed by atoms with Gasteiger partial charge in [-0.05, 0) is 31.2 Å². The number of nitrogens with zero attached hydrogens (tertiary/aromatic N) is 3. The number of nitrogens with one attached hydrogen (secondary N) is 2. The molecule has 8 heteroatoms. The molecule has 0 spiro atoms. The minimum atomic E-state index is -0.502. The van der Waals surface area contributed by atoms with E-state index in [1.54, 1.807) is 18.5 Å². The van der Waals surface area contributed by atoms with Crippen LogP contribution in [0.1, 0.15) is 6.92 Å². The number of amides is 1. The number of rotatable bonds is 4. The number of anilines is 2. The Kier molecular flexibility index (Phi) is 5.45. The van der Waals surface area contributed by atoms with Crippen LogP contribution in [0.5, 0.6) is 0 Å². The molecule has 1 aromatic heterocycles. The summed E-state index contributed by atoms with van der Waals surface area (Å²) in [4.78, 5) is 24.3. The van der Waals surface area contributed by atoms with Gasteiger partial charge in [0.2, 0.25) is 5.95 Å². The van der Waals surface area contributed by atoms with Crippen LogP contribution in [0.15, 0.2) is 36.7 Å². The lowest BCUT2D eigenvalue weighted by atomic mass is 10.2. The highest BCUT2D eigenvalue weighted by Crippen LogP contribution is 2.19. The maximum absolute atomic E-state index is 13.2. The van der Waals surface area contributed by atoms with E-state index in [4.69, 9.17) is 11.6 Å². The molecular formula is C17H20ClFN5O+. The Bertz CT molecular complexity index is 737. The molecule has 0 saturated carbocycles. The normalized spacial score (nSPS) is 16.5. The highest BCUT2D eigenvalue weighted by molar-refractivity contribution is 6.31. The summed E-state index contributed by atoms with van der Waals surface area (Å²) in [5.74, 6) is 0.110. The number of quaternary nitrogens is 1. The predicted octanol–water partition coefficient (Wildman–Crippen LogP) is 1.00. The van der Waals surface area contributed by atoms with Gasteiger partial charge in [-0.25, -0.2) is 14.4 Å². The van der Waals surface area contributed by atoms with Gasteiger partial charge in [0, 0.05) is 18.1 Å². The van der Waals surface area contributed by atoms with Gasteiger partial charge in [-0.2, -0.15) is 0 Å². The van der Waals surface area contributed by atoms with Gasteiger partial charge in [-0.3, -0.25) is 4.79 Å². The molecule has 0 bridgehead atoms. The molecular weight excluding hydrogens is 345 g/mol. The number of halogens is 2. The van der Waals surface area contributed by atoms with Gasteiger partial charge in [0.05, 0.1) is 31.2 Å². The Hall–Kier alpha value is -2.25. The van der Waals surface area contributed by atoms with Crippen LogP contribution in [0.3, 0.4) is 0 Å². The van der Waals surface area contributed by atoms with Crippen molar-refractivity contribution in [3.63, 3.8) is 0 Å². The molecule has 1 aliphatic rings. The summed E-state index contributed by atoms with van der Waals surface area (Å²) in [7, 11) is 0. The van der Waals surface area contributed by atoms with Crippen LogP contribution >= 0.6 is 11.6 Å². The van der Waals surface area contributed by atoms with Gasteiger partial charge in [0.1, 0.15) is 5.82 Å². The number of aromatic nitrogens is 2. The molecule has 1 amide bonds. The van der Waals surface area contributed by atoms with Crippen LogP contribution in [0.25, 0.3) is 0 Å². The minimum absolute atomic E-state index is 0.00530. The van der Waals surface area contributed by atoms with Crippen molar-refractivity contribution in [3.05, 3.63) is 47.5 Å². The van der Waals surface area contributed by atoms with E-state index in [0.29, 0.717) is 5.69 Å². The van der Waals surface area contributed by atoms with Crippen molar-refractivity contribution in [1.82, 2.24) is 9.97 Å². The highest BCUT2D eigenvalue weighted by atomic mass is 35.5. The van der Waals surface area contributed by atoms with Gasteiger partial charge in [0.15, 0.2) is 6.04 Å². The summed E-state index contributed by atoms with van der Waals surface area (Å²) in [6, 6.07) is 5.74. The number of piperazine rings is 1. The van der Waals surface area contributed by atoms with Gasteiger partial charge in [-0.1, -0.05) is 11.6 Å². The molecule has 1 aliphatic heterocycles. The van der Waals surface area contributed by atoms with Crippen molar-refractivity contribution < 1.29 is 14.1 Å². The van der Waals surface area contributed by atoms with Crippen LogP contribution in [-0.2, 0) is 4.79 Å². The second-order valence-corrected chi connectivity index (χ2v) is 6.44. The summed E-state index contributed by atoms with van der Waals surface area (Å²) in [5.41, 5.74) is 0.499. The van der Waals surface area contributed by atoms with Crippen molar-refractivity contribution in [3.8, 4) is 0 Å². The van der Waals surface area contributed by atoms with E-state index in [2.05, 4.69) is 20.2 Å². The summed E-state index contributed by atoms with van der Waals surface area (Å²) in [6.45, 7) is 5.11. The number of carbonyl (C=O) groups excluding carboxylic acids is 1. The first kappa shape index (κ1) is 17.6. The molecule has 25 heavy (non-hydrogen) atoms. The molecule has 2 aromatic rings. The van der Waals surface area contributed by atoms with Crippen molar-refractivity contribution in [2.24, 2.45) is 0 Å². The first-order valence-corrected chi connectivity index (χ1v) is 8.55. The fourth-order valence-electron chi connectivity index (χ4n) is 2.89. The van der Waals surface area contributed by atoms with Gasteiger partial charge in [-0.15, -0.1) is 0 Å². The summed E-state index contributed by atoms with van der Waals surface area (Å²) >= 11 is 5.75. The fraction of sp³-hybridized carbons (Fsp3) is 0.353. The molecule has 1 aromatic carbocycles. The maximum Gasteiger partial charge on any atom is 0.282 e. The first-order chi connectivity index (χ1) is 12.0. The quantitative estimate of drug-likeness (QED) is 0.849. The lowest BCUT2D eigenvalue weighted by Gasteiger charge is -2.34. The molecule has 0 aliphatic carbocycles. The van der Waals surface area contributed by atoms with Crippen LogP contribution in [0.4, 0.5) is 16.0 Å². The van der Waals surface area contributed by atoms with E-state index >= 15 is 0 Å². The number of carbonyl (C=O) groups is 1. The van der Waals surface area contributed by atoms with E-state index < -0.39 is 5.82 Å². The Balaban J connectivity index is 1.55. The lowest BCUT2D eigenvalue weighted by molar-refractivity contribution is -0.914. The second-order valence-electron chi connectivity index (χ2n) is 6.03. The van der Waals surface area contributed by atoms with Crippen molar-refractivity contribution in [1.29, 1.82) is 0 Å². The largest absolute Gasteiger partial charge is 0.330 e. The van der Waals surface area contributed by atoms with E-state index in [0.717, 1.165) is 32.1 Å². The zero-order chi connectivity index (χ0) is 17.8. The average Bonchev–Trinajstić information content (AvgIpc) is 2.65. The standard InChI is InChI=1S/C17H19ClFN5O/c1-12(16(25)22-13-3-4-15(19)14(18)11-13)23-7-9-24(10-8-23)17-20-5-2-6-21-17/h2-6,11-12H,7-10H2,1H3,(H,22,25)/p+1/t12-/m0/s1. The summed E-state index contributed by atoms with van der Waals surface area (Å²) in [5, 5.41) is 2.80. The fourth-order valence-corrected chi connectivity index (χ4v) is 3.07. The molecule has 6 nitrogen and oxygen atoms in total. The lowest BCUT2D eigenvalue weighted by Crippen LogP contribution is -3.19. The zero-order valence-corrected chi connectivity index (χ0v) is 14.6. The number of hydrogen-bond donors (Lipinski definition) is 2. The van der Waals surface area contributed by atoms with E-state index in [-0.39, 0.29) is 17.0 Å². The molecule has 2 N–H and O–H groups in total. The molecule has 0 radical (unpaired) electrons. The van der Waals surface area contributed by atoms with Crippen LogP contribution in [0, 0.1) is 5.82 Å². The number of benzene rings is 1. The predicted molar refractivity (Wildman–Crippen MR) is 94.4 cm³/mol. The topological polar surface area (TPSA) is 62.6 Å². The smallest absolute Gasteiger partial charge is 0.282 e. The van der Waals surface area contributed by atoms with Crippen LogP contribution in [-0.4, -0.2) is 48.1 Å². The second kappa shape index (κ2) is 7.76. The minimum Gasteiger partial charge on any atom is -0.330 e. The van der Waals surface area contributed by atoms with Gasteiger partial charge in [0.25, 0.3) is 5.91 Å². The van der Waals surface area contributed by atoms with Crippen molar-refractivity contribution in [2.45, 2.75) is 13.0 Å². The Labute approximate surface area is 150 Å². The average molecular weight is 365 g/mol. The maximum atomic E-state index is 13.2. The molecule has 1 atom stereocenters. The summed E-state index contributed by atoms with van der Waals surface area (Å²) in [6.07, 6.45) is 3.46. The third-order valence-corrected chi connectivity index (χ3v) is 4.72. The monoisotopic (exact) mass is 364 g/mol. The number of hydrogen-bond acceptors (Lipinski definition) is 4. The Morgan fingerprint density at radius 3 is 2.64 bits per heavy atom. The van der Waals surface area contributed by atoms with Crippen LogP contribution in [0.2, 0.25) is 5.02 Å². The zero-order valence-electron chi connectivity index (χ0n) is 13.9. The molecule has 132 valence electrons. The molecule has 3 rings (SSSR count). The van der Waals surface area contributed by atoms with E-state index in [9.17, 15) is 9.18 Å². The SMILES string of the molecule is C[C@@H](C(=O)Nc1ccc(F)c(Cl)c1)[NH+]1CCN(c2ncccn2)CC1. The Morgan fingerprint density at radius 1 is 1.32 bits per heavy atom. The molecule has 1 saturated heterocycles. The molecule has 1 fully saturated rings. The van der Waals surface area contributed by atoms with Gasteiger partial charge >= 0.3 is 0 Å². The van der Waals surface area contributed by atoms with Crippen LogP contribution < -0.4 is 15.1 Å². The Morgan fingerprint density at radius 2 is 2.00 bits per heavy atom. The third-order valence-electron chi connectivity index (χ3n) is 4.43. The van der Waals surface area contributed by atoms with Crippen molar-refractivity contribution >= 4 is 29.1 Å². The van der Waals surface area contributed by atoms with Crippen molar-refractivity contribution in [2.75, 3.05) is 36.4 Å². The first-order valence-electron chi connectivity index (χ1n) is 8.17. The molecule has 0 unspecified atom stereocenters. The highest BCUT2D eigenvalue weighted by Gasteiger charge is 2.30.